The summed E-state index contributed by atoms with van der Waals surface area (Å²) < 4.78 is 6.00. The number of ether oxygens (including phenoxy) is 1. The van der Waals surface area contributed by atoms with Crippen molar-refractivity contribution in [1.82, 2.24) is 4.90 Å². The largest absolute Gasteiger partial charge is 0.375 e. The Kier molecular flexibility index (Phi) is 3.10. The van der Waals surface area contributed by atoms with Crippen LogP contribution in [0.2, 0.25) is 0 Å². The van der Waals surface area contributed by atoms with Gasteiger partial charge in [0.05, 0.1) is 5.60 Å². The maximum absolute atomic E-state index is 6.00. The molecule has 0 aromatic heterocycles. The van der Waals surface area contributed by atoms with Crippen LogP contribution in [-0.4, -0.2) is 43.8 Å². The third kappa shape index (κ3) is 2.10. The smallest absolute Gasteiger partial charge is 0.0710 e. The Labute approximate surface area is 86.6 Å². The molecule has 82 valence electrons. The lowest BCUT2D eigenvalue weighted by atomic mass is 9.79. The Bertz CT molecular complexity index is 188. The first kappa shape index (κ1) is 10.4. The summed E-state index contributed by atoms with van der Waals surface area (Å²) in [4.78, 5) is 2.39. The Hall–Kier alpha value is -0.120. The molecule has 0 aromatic rings. The van der Waals surface area contributed by atoms with Crippen LogP contribution in [0.1, 0.15) is 25.7 Å². The molecule has 1 spiro atoms. The van der Waals surface area contributed by atoms with E-state index < -0.39 is 0 Å². The van der Waals surface area contributed by atoms with Gasteiger partial charge in [0.1, 0.15) is 0 Å². The fraction of sp³-hybridized carbons (Fsp3) is 1.00. The molecule has 0 aromatic carbocycles. The van der Waals surface area contributed by atoms with Gasteiger partial charge < -0.3 is 15.4 Å². The van der Waals surface area contributed by atoms with Gasteiger partial charge in [-0.2, -0.15) is 0 Å². The summed E-state index contributed by atoms with van der Waals surface area (Å²) >= 11 is 0. The van der Waals surface area contributed by atoms with Gasteiger partial charge in [0, 0.05) is 19.7 Å². The van der Waals surface area contributed by atoms with E-state index in [1.165, 1.54) is 32.4 Å². The standard InChI is InChI=1S/C11H22N2O/c1-13-5-3-11(4-6-13)8-10(9-12)2-7-14-11/h10H,2-9,12H2,1H3. The molecule has 2 fully saturated rings. The summed E-state index contributed by atoms with van der Waals surface area (Å²) in [6.45, 7) is 4.11. The van der Waals surface area contributed by atoms with Crippen LogP contribution in [0.25, 0.3) is 0 Å². The van der Waals surface area contributed by atoms with E-state index in [1.54, 1.807) is 0 Å². The molecular weight excluding hydrogens is 176 g/mol. The van der Waals surface area contributed by atoms with Gasteiger partial charge in [0.15, 0.2) is 0 Å². The number of likely N-dealkylation sites (tertiary alicyclic amines) is 1. The van der Waals surface area contributed by atoms with Crippen LogP contribution in [0.3, 0.4) is 0 Å². The number of nitrogens with two attached hydrogens (primary N) is 1. The van der Waals surface area contributed by atoms with Crippen LogP contribution in [0, 0.1) is 5.92 Å². The molecule has 2 saturated heterocycles. The predicted molar refractivity (Wildman–Crippen MR) is 57.2 cm³/mol. The van der Waals surface area contributed by atoms with Gasteiger partial charge in [-0.05, 0) is 45.2 Å². The Morgan fingerprint density at radius 2 is 2.14 bits per heavy atom. The van der Waals surface area contributed by atoms with Crippen LogP contribution in [0.4, 0.5) is 0 Å². The van der Waals surface area contributed by atoms with Crippen molar-refractivity contribution in [3.63, 3.8) is 0 Å². The van der Waals surface area contributed by atoms with Crippen LogP contribution >= 0.6 is 0 Å². The minimum Gasteiger partial charge on any atom is -0.375 e. The highest BCUT2D eigenvalue weighted by Gasteiger charge is 2.38. The second-order valence-electron chi connectivity index (χ2n) is 4.93. The zero-order valence-electron chi connectivity index (χ0n) is 9.17. The number of piperidine rings is 1. The molecule has 0 saturated carbocycles. The molecule has 1 atom stereocenters. The quantitative estimate of drug-likeness (QED) is 0.678. The van der Waals surface area contributed by atoms with Crippen LogP contribution in [0.5, 0.6) is 0 Å². The zero-order chi connectivity index (χ0) is 10.0. The van der Waals surface area contributed by atoms with Crippen molar-refractivity contribution >= 4 is 0 Å². The molecule has 2 N–H and O–H groups in total. The number of nitrogens with zero attached hydrogens (tertiary/aromatic N) is 1. The monoisotopic (exact) mass is 198 g/mol. The Balaban J connectivity index is 1.94. The number of hydrogen-bond acceptors (Lipinski definition) is 3. The van der Waals surface area contributed by atoms with E-state index in [0.717, 1.165) is 19.6 Å². The maximum Gasteiger partial charge on any atom is 0.0710 e. The van der Waals surface area contributed by atoms with Gasteiger partial charge >= 0.3 is 0 Å². The molecule has 0 amide bonds. The van der Waals surface area contributed by atoms with Gasteiger partial charge in [0.2, 0.25) is 0 Å². The maximum atomic E-state index is 6.00. The third-order valence-electron chi connectivity index (χ3n) is 3.83. The van der Waals surface area contributed by atoms with Gasteiger partial charge in [-0.3, -0.25) is 0 Å². The van der Waals surface area contributed by atoms with E-state index in [9.17, 15) is 0 Å². The Morgan fingerprint density at radius 3 is 2.79 bits per heavy atom. The van der Waals surface area contributed by atoms with Crippen LogP contribution in [0.15, 0.2) is 0 Å². The third-order valence-corrected chi connectivity index (χ3v) is 3.83. The summed E-state index contributed by atoms with van der Waals surface area (Å²) in [6, 6.07) is 0. The van der Waals surface area contributed by atoms with Crippen molar-refractivity contribution in [1.29, 1.82) is 0 Å². The first-order chi connectivity index (χ1) is 6.74. The highest BCUT2D eigenvalue weighted by molar-refractivity contribution is 4.91. The van der Waals surface area contributed by atoms with Crippen LogP contribution < -0.4 is 5.73 Å². The van der Waals surface area contributed by atoms with E-state index in [-0.39, 0.29) is 5.60 Å². The van der Waals surface area contributed by atoms with Crippen LogP contribution in [-0.2, 0) is 4.74 Å². The highest BCUT2D eigenvalue weighted by Crippen LogP contribution is 2.36. The molecule has 2 aliphatic heterocycles. The summed E-state index contributed by atoms with van der Waals surface area (Å²) in [6.07, 6.45) is 4.74. The molecule has 0 bridgehead atoms. The first-order valence-electron chi connectivity index (χ1n) is 5.77. The van der Waals surface area contributed by atoms with E-state index >= 15 is 0 Å². The van der Waals surface area contributed by atoms with Gasteiger partial charge in [0.25, 0.3) is 0 Å². The second kappa shape index (κ2) is 4.17. The molecule has 0 radical (unpaired) electrons. The average Bonchev–Trinajstić information content (AvgIpc) is 2.23. The fourth-order valence-corrected chi connectivity index (χ4v) is 2.70. The fourth-order valence-electron chi connectivity index (χ4n) is 2.70. The first-order valence-corrected chi connectivity index (χ1v) is 5.77. The molecule has 14 heavy (non-hydrogen) atoms. The molecule has 2 rings (SSSR count). The molecule has 3 nitrogen and oxygen atoms in total. The van der Waals surface area contributed by atoms with Gasteiger partial charge in [-0.25, -0.2) is 0 Å². The second-order valence-corrected chi connectivity index (χ2v) is 4.93. The predicted octanol–water partition coefficient (Wildman–Crippen LogP) is 0.836. The molecule has 0 aliphatic carbocycles. The number of hydrogen-bond donors (Lipinski definition) is 1. The SMILES string of the molecule is CN1CCC2(CC1)CC(CN)CCO2. The minimum atomic E-state index is 0.189. The van der Waals surface area contributed by atoms with Crippen molar-refractivity contribution in [3.05, 3.63) is 0 Å². The topological polar surface area (TPSA) is 38.5 Å². The summed E-state index contributed by atoms with van der Waals surface area (Å²) in [5, 5.41) is 0. The molecule has 1 unspecified atom stereocenters. The lowest BCUT2D eigenvalue weighted by molar-refractivity contribution is -0.123. The number of rotatable bonds is 1. The summed E-state index contributed by atoms with van der Waals surface area (Å²) in [5.74, 6) is 0.701. The van der Waals surface area contributed by atoms with E-state index in [1.807, 2.05) is 0 Å². The van der Waals surface area contributed by atoms with Crippen molar-refractivity contribution in [2.45, 2.75) is 31.3 Å². The Morgan fingerprint density at radius 1 is 1.43 bits per heavy atom. The van der Waals surface area contributed by atoms with Gasteiger partial charge in [-0.1, -0.05) is 0 Å². The zero-order valence-corrected chi connectivity index (χ0v) is 9.17. The lowest BCUT2D eigenvalue weighted by Gasteiger charge is -2.45. The van der Waals surface area contributed by atoms with Crippen molar-refractivity contribution in [3.8, 4) is 0 Å². The van der Waals surface area contributed by atoms with Gasteiger partial charge in [-0.15, -0.1) is 0 Å². The molecular formula is C11H22N2O. The lowest BCUT2D eigenvalue weighted by Crippen LogP contribution is -2.49. The summed E-state index contributed by atoms with van der Waals surface area (Å²) in [7, 11) is 2.19. The van der Waals surface area contributed by atoms with Crippen molar-refractivity contribution in [2.75, 3.05) is 33.3 Å². The van der Waals surface area contributed by atoms with E-state index in [0.29, 0.717) is 5.92 Å². The van der Waals surface area contributed by atoms with Crippen molar-refractivity contribution in [2.24, 2.45) is 11.7 Å². The molecule has 2 heterocycles. The van der Waals surface area contributed by atoms with Crippen molar-refractivity contribution < 1.29 is 4.74 Å². The normalized spacial score (nSPS) is 33.4. The molecule has 2 aliphatic rings. The van der Waals surface area contributed by atoms with E-state index in [2.05, 4.69) is 11.9 Å². The molecule has 3 heteroatoms. The van der Waals surface area contributed by atoms with E-state index in [4.69, 9.17) is 10.5 Å². The minimum absolute atomic E-state index is 0.189. The average molecular weight is 198 g/mol. The highest BCUT2D eigenvalue weighted by atomic mass is 16.5. The summed E-state index contributed by atoms with van der Waals surface area (Å²) in [5.41, 5.74) is 5.94.